The highest BCUT2D eigenvalue weighted by atomic mass is 16.2. The van der Waals surface area contributed by atoms with Crippen LogP contribution in [0.5, 0.6) is 0 Å². The normalized spacial score (nSPS) is 10.3. The highest BCUT2D eigenvalue weighted by Crippen LogP contribution is 2.05. The Morgan fingerprint density at radius 3 is 2.16 bits per heavy atom. The average molecular weight is 263 g/mol. The summed E-state index contributed by atoms with van der Waals surface area (Å²) in [5.74, 6) is -0.218. The van der Waals surface area contributed by atoms with Crippen molar-refractivity contribution in [3.63, 3.8) is 0 Å². The van der Waals surface area contributed by atoms with Crippen molar-refractivity contribution in [3.05, 3.63) is 35.4 Å². The summed E-state index contributed by atoms with van der Waals surface area (Å²) in [6.07, 6.45) is 0. The van der Waals surface area contributed by atoms with Crippen LogP contribution in [0.1, 0.15) is 22.8 Å². The monoisotopic (exact) mass is 263 g/mol. The molecule has 1 rings (SSSR count). The van der Waals surface area contributed by atoms with Gasteiger partial charge in [-0.15, -0.1) is 0 Å². The van der Waals surface area contributed by atoms with Crippen molar-refractivity contribution in [2.75, 3.05) is 27.2 Å². The second-order valence-corrected chi connectivity index (χ2v) is 4.67. The van der Waals surface area contributed by atoms with Crippen molar-refractivity contribution in [1.29, 1.82) is 0 Å². The number of hydrogen-bond acceptors (Lipinski definition) is 3. The van der Waals surface area contributed by atoms with Gasteiger partial charge in [0.25, 0.3) is 5.91 Å². The minimum Gasteiger partial charge on any atom is -0.355 e. The zero-order chi connectivity index (χ0) is 14.3. The van der Waals surface area contributed by atoms with Crippen LogP contribution in [0.15, 0.2) is 24.3 Å². The molecule has 19 heavy (non-hydrogen) atoms. The smallest absolute Gasteiger partial charge is 0.251 e. The molecule has 0 fully saturated rings. The quantitative estimate of drug-likeness (QED) is 0.739. The third kappa shape index (κ3) is 6.01. The van der Waals surface area contributed by atoms with Crippen LogP contribution in [-0.4, -0.2) is 43.9 Å². The van der Waals surface area contributed by atoms with Gasteiger partial charge in [-0.05, 0) is 31.8 Å². The molecule has 1 aromatic rings. The first kappa shape index (κ1) is 15.2. The van der Waals surface area contributed by atoms with Gasteiger partial charge in [0, 0.05) is 32.1 Å². The van der Waals surface area contributed by atoms with Crippen molar-refractivity contribution in [3.8, 4) is 0 Å². The van der Waals surface area contributed by atoms with Gasteiger partial charge in [-0.1, -0.05) is 12.1 Å². The second-order valence-electron chi connectivity index (χ2n) is 4.67. The third-order valence-corrected chi connectivity index (χ3v) is 2.50. The van der Waals surface area contributed by atoms with Crippen LogP contribution in [-0.2, 0) is 11.3 Å². The van der Waals surface area contributed by atoms with Crippen LogP contribution in [0.25, 0.3) is 0 Å². The Morgan fingerprint density at radius 2 is 1.63 bits per heavy atom. The van der Waals surface area contributed by atoms with Gasteiger partial charge in [-0.3, -0.25) is 9.59 Å². The Hall–Kier alpha value is -1.88. The zero-order valence-electron chi connectivity index (χ0n) is 11.7. The number of amides is 2. The molecule has 0 saturated carbocycles. The lowest BCUT2D eigenvalue weighted by atomic mass is 10.1. The Balaban J connectivity index is 2.42. The van der Waals surface area contributed by atoms with Gasteiger partial charge >= 0.3 is 0 Å². The van der Waals surface area contributed by atoms with Crippen molar-refractivity contribution < 1.29 is 9.59 Å². The molecule has 0 aliphatic carbocycles. The van der Waals surface area contributed by atoms with E-state index in [-0.39, 0.29) is 11.8 Å². The van der Waals surface area contributed by atoms with Crippen molar-refractivity contribution >= 4 is 11.8 Å². The van der Waals surface area contributed by atoms with Crippen LogP contribution in [0.4, 0.5) is 0 Å². The Morgan fingerprint density at radius 1 is 1.05 bits per heavy atom. The Labute approximate surface area is 114 Å². The van der Waals surface area contributed by atoms with E-state index in [0.717, 1.165) is 6.54 Å². The summed E-state index contributed by atoms with van der Waals surface area (Å²) in [5, 5.41) is 5.37. The lowest BCUT2D eigenvalue weighted by Crippen LogP contribution is -2.33. The predicted molar refractivity (Wildman–Crippen MR) is 74.8 cm³/mol. The fourth-order valence-corrected chi connectivity index (χ4v) is 1.64. The molecule has 5 nitrogen and oxygen atoms in total. The highest BCUT2D eigenvalue weighted by molar-refractivity contribution is 5.94. The molecule has 0 spiro atoms. The standard InChI is InChI=1S/C14H21N3O2/c1-11(18)15-8-9-16-14(19)13-6-4-12(5-7-13)10-17(2)3/h4-7H,8-10H2,1-3H3,(H,15,18)(H,16,19). The predicted octanol–water partition coefficient (Wildman–Crippen LogP) is 0.614. The summed E-state index contributed by atoms with van der Waals surface area (Å²) in [5.41, 5.74) is 1.80. The van der Waals surface area contributed by atoms with Gasteiger partial charge in [0.1, 0.15) is 0 Å². The molecule has 0 radical (unpaired) electrons. The SMILES string of the molecule is CC(=O)NCCNC(=O)c1ccc(CN(C)C)cc1. The van der Waals surface area contributed by atoms with E-state index >= 15 is 0 Å². The summed E-state index contributed by atoms with van der Waals surface area (Å²) in [6.45, 7) is 3.17. The lowest BCUT2D eigenvalue weighted by Gasteiger charge is -2.10. The topological polar surface area (TPSA) is 61.4 Å². The maximum Gasteiger partial charge on any atom is 0.251 e. The van der Waals surface area contributed by atoms with Crippen LogP contribution in [0, 0.1) is 0 Å². The third-order valence-electron chi connectivity index (χ3n) is 2.50. The number of carbonyl (C=O) groups excluding carboxylic acids is 2. The van der Waals surface area contributed by atoms with E-state index in [1.54, 1.807) is 0 Å². The summed E-state index contributed by atoms with van der Waals surface area (Å²) < 4.78 is 0. The Kier molecular flexibility index (Phi) is 6.02. The van der Waals surface area contributed by atoms with Crippen LogP contribution in [0.3, 0.4) is 0 Å². The number of hydrogen-bond donors (Lipinski definition) is 2. The van der Waals surface area contributed by atoms with E-state index in [4.69, 9.17) is 0 Å². The lowest BCUT2D eigenvalue weighted by molar-refractivity contribution is -0.118. The van der Waals surface area contributed by atoms with Gasteiger partial charge in [0.2, 0.25) is 5.91 Å². The molecule has 0 saturated heterocycles. The molecule has 0 aromatic heterocycles. The van der Waals surface area contributed by atoms with Crippen LogP contribution >= 0.6 is 0 Å². The molecule has 0 heterocycles. The zero-order valence-corrected chi connectivity index (χ0v) is 11.7. The molecule has 0 aliphatic rings. The molecular formula is C14H21N3O2. The fraction of sp³-hybridized carbons (Fsp3) is 0.429. The van der Waals surface area contributed by atoms with E-state index < -0.39 is 0 Å². The summed E-state index contributed by atoms with van der Waals surface area (Å²) in [6, 6.07) is 7.52. The minimum atomic E-state index is -0.123. The van der Waals surface area contributed by atoms with E-state index in [1.807, 2.05) is 38.4 Å². The first-order valence-corrected chi connectivity index (χ1v) is 6.25. The number of benzene rings is 1. The molecule has 104 valence electrons. The average Bonchev–Trinajstić information content (AvgIpc) is 2.34. The largest absolute Gasteiger partial charge is 0.355 e. The number of nitrogens with zero attached hydrogens (tertiary/aromatic N) is 1. The van der Waals surface area contributed by atoms with Crippen LogP contribution in [0.2, 0.25) is 0 Å². The Bertz CT molecular complexity index is 427. The molecular weight excluding hydrogens is 242 g/mol. The number of nitrogens with one attached hydrogen (secondary N) is 2. The van der Waals surface area contributed by atoms with E-state index in [9.17, 15) is 9.59 Å². The van der Waals surface area contributed by atoms with E-state index in [2.05, 4.69) is 15.5 Å². The molecule has 0 atom stereocenters. The van der Waals surface area contributed by atoms with Crippen LogP contribution < -0.4 is 10.6 Å². The summed E-state index contributed by atoms with van der Waals surface area (Å²) in [7, 11) is 4.01. The van der Waals surface area contributed by atoms with Gasteiger partial charge < -0.3 is 15.5 Å². The summed E-state index contributed by atoms with van der Waals surface area (Å²) >= 11 is 0. The van der Waals surface area contributed by atoms with Gasteiger partial charge in [0.15, 0.2) is 0 Å². The van der Waals surface area contributed by atoms with E-state index in [0.29, 0.717) is 18.7 Å². The van der Waals surface area contributed by atoms with Gasteiger partial charge in [-0.25, -0.2) is 0 Å². The van der Waals surface area contributed by atoms with Crippen molar-refractivity contribution in [2.24, 2.45) is 0 Å². The number of rotatable bonds is 6. The van der Waals surface area contributed by atoms with Crippen molar-refractivity contribution in [2.45, 2.75) is 13.5 Å². The second kappa shape index (κ2) is 7.53. The highest BCUT2D eigenvalue weighted by Gasteiger charge is 2.04. The maximum absolute atomic E-state index is 11.8. The molecule has 2 N–H and O–H groups in total. The first-order valence-electron chi connectivity index (χ1n) is 6.25. The summed E-state index contributed by atoms with van der Waals surface area (Å²) in [4.78, 5) is 24.5. The molecule has 0 unspecified atom stereocenters. The maximum atomic E-state index is 11.8. The van der Waals surface area contributed by atoms with Gasteiger partial charge in [-0.2, -0.15) is 0 Å². The molecule has 0 bridgehead atoms. The van der Waals surface area contributed by atoms with E-state index in [1.165, 1.54) is 12.5 Å². The first-order chi connectivity index (χ1) is 8.99. The molecule has 1 aromatic carbocycles. The number of carbonyl (C=O) groups is 2. The molecule has 0 aliphatic heterocycles. The van der Waals surface area contributed by atoms with Gasteiger partial charge in [0.05, 0.1) is 0 Å². The molecule has 2 amide bonds. The fourth-order valence-electron chi connectivity index (χ4n) is 1.64. The minimum absolute atomic E-state index is 0.0951. The van der Waals surface area contributed by atoms with Crippen molar-refractivity contribution in [1.82, 2.24) is 15.5 Å². The molecule has 5 heteroatoms.